The minimum absolute atomic E-state index is 0.0985. The van der Waals surface area contributed by atoms with Crippen LogP contribution in [0.25, 0.3) is 10.9 Å². The highest BCUT2D eigenvalue weighted by Crippen LogP contribution is 2.33. The highest BCUT2D eigenvalue weighted by molar-refractivity contribution is 6.31. The first-order valence-electron chi connectivity index (χ1n) is 17.7. The Morgan fingerprint density at radius 2 is 1.25 bits per heavy atom. The van der Waals surface area contributed by atoms with E-state index in [9.17, 15) is 0 Å². The molecular weight excluding hydrogens is 673 g/mol. The van der Waals surface area contributed by atoms with E-state index in [1.165, 1.54) is 11.3 Å². The highest BCUT2D eigenvalue weighted by Gasteiger charge is 2.22. The van der Waals surface area contributed by atoms with Crippen LogP contribution >= 0.6 is 23.2 Å². The standard InChI is InChI=1S/C42H41Cl2N7/c43-34-7-4-6-33(28-34)42(46-38-18-19-45-39-29-35(44)16-17-37(38)39)32-14-12-31(13-15-32)30-48-20-22-50(23-21-48)40-10-5-11-41(47-40)51-26-24-49(25-27-51)36-8-2-1-3-9-36/h1-19,28-29,42H,20-27,30H2,(H,45,46). The summed E-state index contributed by atoms with van der Waals surface area (Å²) in [6, 6.07) is 42.0. The molecule has 1 atom stereocenters. The number of hydrogen-bond donors (Lipinski definition) is 1. The van der Waals surface area contributed by atoms with Crippen molar-refractivity contribution in [1.82, 2.24) is 14.9 Å². The van der Waals surface area contributed by atoms with E-state index in [0.717, 1.165) is 98.3 Å². The molecule has 8 rings (SSSR count). The molecule has 2 aliphatic heterocycles. The molecular formula is C42H41Cl2N7. The van der Waals surface area contributed by atoms with Gasteiger partial charge in [-0.3, -0.25) is 9.88 Å². The van der Waals surface area contributed by atoms with Gasteiger partial charge >= 0.3 is 0 Å². The average molecular weight is 715 g/mol. The predicted octanol–water partition coefficient (Wildman–Crippen LogP) is 8.79. The molecule has 0 aliphatic carbocycles. The number of anilines is 4. The number of hydrogen-bond acceptors (Lipinski definition) is 7. The second-order valence-electron chi connectivity index (χ2n) is 13.3. The van der Waals surface area contributed by atoms with Crippen LogP contribution in [0.3, 0.4) is 0 Å². The van der Waals surface area contributed by atoms with E-state index < -0.39 is 0 Å². The summed E-state index contributed by atoms with van der Waals surface area (Å²) in [5, 5.41) is 6.19. The van der Waals surface area contributed by atoms with Crippen molar-refractivity contribution in [2.24, 2.45) is 0 Å². The molecule has 1 N–H and O–H groups in total. The summed E-state index contributed by atoms with van der Waals surface area (Å²) in [5.41, 5.74) is 6.71. The summed E-state index contributed by atoms with van der Waals surface area (Å²) in [6.07, 6.45) is 1.82. The van der Waals surface area contributed by atoms with E-state index in [-0.39, 0.29) is 6.04 Å². The van der Waals surface area contributed by atoms with E-state index in [0.29, 0.717) is 10.0 Å². The number of para-hydroxylation sites is 1. The maximum Gasteiger partial charge on any atom is 0.131 e. The Kier molecular flexibility index (Phi) is 9.93. The van der Waals surface area contributed by atoms with Crippen LogP contribution in [0.15, 0.2) is 128 Å². The fraction of sp³-hybridized carbons (Fsp3) is 0.238. The van der Waals surface area contributed by atoms with Crippen molar-refractivity contribution >= 4 is 57.1 Å². The lowest BCUT2D eigenvalue weighted by Crippen LogP contribution is -2.47. The zero-order valence-corrected chi connectivity index (χ0v) is 30.0. The van der Waals surface area contributed by atoms with Crippen LogP contribution < -0.4 is 20.0 Å². The SMILES string of the molecule is Clc1cccc(C(Nc2ccnc3cc(Cl)ccc23)c2ccc(CN3CCN(c4cccc(N5CCN(c6ccccc6)CC5)n4)CC3)cc2)c1. The lowest BCUT2D eigenvalue weighted by molar-refractivity contribution is 0.249. The molecule has 2 saturated heterocycles. The second-order valence-corrected chi connectivity index (χ2v) is 14.2. The minimum atomic E-state index is -0.0985. The fourth-order valence-corrected chi connectivity index (χ4v) is 7.62. The predicted molar refractivity (Wildman–Crippen MR) is 213 cm³/mol. The Bertz CT molecular complexity index is 2080. The quantitative estimate of drug-likeness (QED) is 0.161. The first-order valence-corrected chi connectivity index (χ1v) is 18.5. The summed E-state index contributed by atoms with van der Waals surface area (Å²) < 4.78 is 0. The van der Waals surface area contributed by atoms with Gasteiger partial charge in [0.05, 0.1) is 11.6 Å². The van der Waals surface area contributed by atoms with Crippen LogP contribution in [0.1, 0.15) is 22.7 Å². The summed E-state index contributed by atoms with van der Waals surface area (Å²) >= 11 is 12.7. The number of fused-ring (bicyclic) bond motifs is 1. The second kappa shape index (κ2) is 15.2. The summed E-state index contributed by atoms with van der Waals surface area (Å²) in [4.78, 5) is 19.5. The smallest absolute Gasteiger partial charge is 0.131 e. The third kappa shape index (κ3) is 7.76. The normalized spacial score (nSPS) is 16.0. The van der Waals surface area contributed by atoms with Gasteiger partial charge in [0.25, 0.3) is 0 Å². The number of nitrogens with zero attached hydrogens (tertiary/aromatic N) is 6. The zero-order valence-electron chi connectivity index (χ0n) is 28.5. The Balaban J connectivity index is 0.901. The van der Waals surface area contributed by atoms with Gasteiger partial charge in [-0.1, -0.05) is 83.9 Å². The molecule has 2 aromatic heterocycles. The van der Waals surface area contributed by atoms with Crippen LogP contribution in [0.5, 0.6) is 0 Å². The summed E-state index contributed by atoms with van der Waals surface area (Å²) in [7, 11) is 0. The molecule has 7 nitrogen and oxygen atoms in total. The topological polar surface area (TPSA) is 50.8 Å². The number of piperazine rings is 2. The van der Waals surface area contributed by atoms with Crippen molar-refractivity contribution in [2.45, 2.75) is 12.6 Å². The summed E-state index contributed by atoms with van der Waals surface area (Å²) in [5.74, 6) is 2.15. The van der Waals surface area contributed by atoms with E-state index in [2.05, 4.69) is 109 Å². The van der Waals surface area contributed by atoms with Crippen molar-refractivity contribution < 1.29 is 0 Å². The molecule has 4 heterocycles. The van der Waals surface area contributed by atoms with E-state index in [1.807, 2.05) is 48.7 Å². The molecule has 0 spiro atoms. The number of benzene rings is 4. The summed E-state index contributed by atoms with van der Waals surface area (Å²) in [6.45, 7) is 8.79. The lowest BCUT2D eigenvalue weighted by Gasteiger charge is -2.38. The Hall–Kier alpha value is -4.82. The maximum absolute atomic E-state index is 6.47. The van der Waals surface area contributed by atoms with Gasteiger partial charge in [-0.15, -0.1) is 0 Å². The van der Waals surface area contributed by atoms with E-state index in [4.69, 9.17) is 28.2 Å². The minimum Gasteiger partial charge on any atom is -0.374 e. The molecule has 4 aromatic carbocycles. The van der Waals surface area contributed by atoms with Crippen LogP contribution in [-0.2, 0) is 6.54 Å². The zero-order chi connectivity index (χ0) is 34.6. The number of pyridine rings is 2. The molecule has 258 valence electrons. The van der Waals surface area contributed by atoms with Crippen molar-refractivity contribution in [3.63, 3.8) is 0 Å². The van der Waals surface area contributed by atoms with Crippen molar-refractivity contribution in [2.75, 3.05) is 72.4 Å². The van der Waals surface area contributed by atoms with Gasteiger partial charge in [-0.05, 0) is 77.4 Å². The number of aromatic nitrogens is 2. The first kappa shape index (κ1) is 33.3. The third-order valence-electron chi connectivity index (χ3n) is 10.0. The first-order chi connectivity index (χ1) is 25.1. The molecule has 2 aliphatic rings. The van der Waals surface area contributed by atoms with Crippen molar-refractivity contribution in [3.8, 4) is 0 Å². The molecule has 6 aromatic rings. The Morgan fingerprint density at radius 3 is 1.98 bits per heavy atom. The van der Waals surface area contributed by atoms with Gasteiger partial charge in [-0.25, -0.2) is 4.98 Å². The van der Waals surface area contributed by atoms with Crippen LogP contribution in [0.2, 0.25) is 10.0 Å². The van der Waals surface area contributed by atoms with Gasteiger partial charge < -0.3 is 20.0 Å². The van der Waals surface area contributed by atoms with Crippen molar-refractivity contribution in [3.05, 3.63) is 154 Å². The Labute approximate surface area is 310 Å². The number of halogens is 2. The van der Waals surface area contributed by atoms with Crippen LogP contribution in [0, 0.1) is 0 Å². The van der Waals surface area contributed by atoms with E-state index >= 15 is 0 Å². The average Bonchev–Trinajstić information content (AvgIpc) is 3.18. The van der Waals surface area contributed by atoms with Gasteiger partial charge in [0.1, 0.15) is 11.6 Å². The molecule has 2 fully saturated rings. The Morgan fingerprint density at radius 1 is 0.588 bits per heavy atom. The monoisotopic (exact) mass is 713 g/mol. The number of nitrogens with one attached hydrogen (secondary N) is 1. The molecule has 0 amide bonds. The molecule has 0 bridgehead atoms. The molecule has 9 heteroatoms. The van der Waals surface area contributed by atoms with Crippen LogP contribution in [-0.4, -0.2) is 67.2 Å². The van der Waals surface area contributed by atoms with Gasteiger partial charge in [0.15, 0.2) is 0 Å². The molecule has 1 unspecified atom stereocenters. The fourth-order valence-electron chi connectivity index (χ4n) is 7.25. The molecule has 0 saturated carbocycles. The molecule has 0 radical (unpaired) electrons. The molecule has 51 heavy (non-hydrogen) atoms. The van der Waals surface area contributed by atoms with Gasteiger partial charge in [0, 0.05) is 91.9 Å². The van der Waals surface area contributed by atoms with Gasteiger partial charge in [-0.2, -0.15) is 0 Å². The maximum atomic E-state index is 6.47. The van der Waals surface area contributed by atoms with Crippen LogP contribution in [0.4, 0.5) is 23.0 Å². The number of rotatable bonds is 9. The largest absolute Gasteiger partial charge is 0.374 e. The highest BCUT2D eigenvalue weighted by atomic mass is 35.5. The van der Waals surface area contributed by atoms with Crippen molar-refractivity contribution in [1.29, 1.82) is 0 Å². The van der Waals surface area contributed by atoms with E-state index in [1.54, 1.807) is 0 Å². The lowest BCUT2D eigenvalue weighted by atomic mass is 9.97. The van der Waals surface area contributed by atoms with Gasteiger partial charge in [0.2, 0.25) is 0 Å². The third-order valence-corrected chi connectivity index (χ3v) is 10.5.